The third kappa shape index (κ3) is 5.14. The van der Waals surface area contributed by atoms with Gasteiger partial charge in [0.15, 0.2) is 0 Å². The second kappa shape index (κ2) is 9.53. The molecule has 0 bridgehead atoms. The van der Waals surface area contributed by atoms with Crippen LogP contribution in [0.2, 0.25) is 0 Å². The maximum atomic E-state index is 12.6. The van der Waals surface area contributed by atoms with Crippen molar-refractivity contribution in [1.82, 2.24) is 24.7 Å². The van der Waals surface area contributed by atoms with Gasteiger partial charge in [-0.3, -0.25) is 24.2 Å². The van der Waals surface area contributed by atoms with Gasteiger partial charge in [0.05, 0.1) is 24.7 Å². The van der Waals surface area contributed by atoms with E-state index in [0.717, 1.165) is 49.8 Å². The molecule has 0 spiro atoms. The first-order valence-electron chi connectivity index (χ1n) is 10.5. The van der Waals surface area contributed by atoms with Crippen LogP contribution in [0.15, 0.2) is 12.0 Å². The van der Waals surface area contributed by atoms with Crippen LogP contribution in [0, 0.1) is 0 Å². The van der Waals surface area contributed by atoms with Crippen molar-refractivity contribution in [2.24, 2.45) is 0 Å². The number of aromatic nitrogens is 2. The van der Waals surface area contributed by atoms with E-state index in [1.54, 1.807) is 12.4 Å². The molecule has 1 aromatic rings. The molecule has 0 saturated carbocycles. The highest BCUT2D eigenvalue weighted by Crippen LogP contribution is 2.22. The molecule has 30 heavy (non-hydrogen) atoms. The van der Waals surface area contributed by atoms with Crippen molar-refractivity contribution in [3.8, 4) is 0 Å². The number of imide groups is 1. The number of ether oxygens (including phenoxy) is 1. The first-order chi connectivity index (χ1) is 14.3. The predicted molar refractivity (Wildman–Crippen MR) is 111 cm³/mol. The molecule has 0 aromatic carbocycles. The molecule has 2 aliphatic rings. The Morgan fingerprint density at radius 3 is 2.80 bits per heavy atom. The fraction of sp³-hybridized carbons (Fsp3) is 0.619. The molecule has 164 valence electrons. The van der Waals surface area contributed by atoms with Crippen LogP contribution in [0.5, 0.6) is 0 Å². The number of nitrogens with one attached hydrogen (secondary N) is 1. The molecule has 2 saturated heterocycles. The molecule has 3 amide bonds. The molecule has 2 fully saturated rings. The second-order valence-electron chi connectivity index (χ2n) is 8.22. The van der Waals surface area contributed by atoms with Crippen molar-refractivity contribution in [2.45, 2.75) is 52.7 Å². The third-order valence-electron chi connectivity index (χ3n) is 5.37. The molecule has 3 rings (SSSR count). The third-order valence-corrected chi connectivity index (χ3v) is 5.37. The van der Waals surface area contributed by atoms with Gasteiger partial charge in [-0.2, -0.15) is 0 Å². The molecule has 1 aromatic heterocycles. The van der Waals surface area contributed by atoms with E-state index in [1.165, 1.54) is 6.92 Å². The zero-order chi connectivity index (χ0) is 21.8. The summed E-state index contributed by atoms with van der Waals surface area (Å²) in [6, 6.07) is 0. The van der Waals surface area contributed by atoms with E-state index in [0.29, 0.717) is 5.69 Å². The Morgan fingerprint density at radius 1 is 1.37 bits per heavy atom. The summed E-state index contributed by atoms with van der Waals surface area (Å²) in [6.07, 6.45) is 4.60. The summed E-state index contributed by atoms with van der Waals surface area (Å²) in [7, 11) is 0. The Bertz CT molecular complexity index is 844. The molecule has 0 radical (unpaired) electrons. The van der Waals surface area contributed by atoms with Gasteiger partial charge in [0.2, 0.25) is 11.8 Å². The van der Waals surface area contributed by atoms with Crippen LogP contribution in [-0.2, 0) is 25.7 Å². The van der Waals surface area contributed by atoms with Crippen LogP contribution in [0.1, 0.15) is 51.4 Å². The van der Waals surface area contributed by atoms with E-state index in [9.17, 15) is 14.4 Å². The number of amides is 3. The number of aryl methyl sites for hydroxylation is 1. The lowest BCUT2D eigenvalue weighted by molar-refractivity contribution is -0.147. The standard InChI is InChI=1S/C21H31N5O4/c1-14(2)20-17(10-18-21(29)26(16(4)27)12-19(28)23-18)22-13-25(20)7-5-6-24-8-9-30-15(3)11-24/h10,13-15H,5-9,11-12H2,1-4H3,(H,23,28)/b18-10-/t15-/m1/s1. The second-order valence-corrected chi connectivity index (χ2v) is 8.22. The van der Waals surface area contributed by atoms with Gasteiger partial charge >= 0.3 is 0 Å². The van der Waals surface area contributed by atoms with E-state index in [4.69, 9.17) is 4.74 Å². The van der Waals surface area contributed by atoms with E-state index in [-0.39, 0.29) is 30.2 Å². The van der Waals surface area contributed by atoms with Gasteiger partial charge in [0, 0.05) is 38.8 Å². The van der Waals surface area contributed by atoms with Crippen LogP contribution in [-0.4, -0.2) is 76.0 Å². The van der Waals surface area contributed by atoms with Gasteiger partial charge < -0.3 is 14.6 Å². The summed E-state index contributed by atoms with van der Waals surface area (Å²) in [5, 5.41) is 2.58. The van der Waals surface area contributed by atoms with Crippen LogP contribution in [0.3, 0.4) is 0 Å². The minimum atomic E-state index is -0.507. The molecule has 3 heterocycles. The lowest BCUT2D eigenvalue weighted by atomic mass is 10.1. The van der Waals surface area contributed by atoms with Crippen LogP contribution in [0.4, 0.5) is 0 Å². The zero-order valence-electron chi connectivity index (χ0n) is 18.2. The Balaban J connectivity index is 1.73. The maximum Gasteiger partial charge on any atom is 0.277 e. The Hall–Kier alpha value is -2.52. The average molecular weight is 418 g/mol. The summed E-state index contributed by atoms with van der Waals surface area (Å²) < 4.78 is 7.70. The number of piperazine rings is 1. The Morgan fingerprint density at radius 2 is 2.13 bits per heavy atom. The number of rotatable bonds is 6. The van der Waals surface area contributed by atoms with E-state index >= 15 is 0 Å². The number of imidazole rings is 1. The molecule has 2 aliphatic heterocycles. The van der Waals surface area contributed by atoms with E-state index < -0.39 is 11.8 Å². The number of carbonyl (C=O) groups excluding carboxylic acids is 3. The van der Waals surface area contributed by atoms with Crippen molar-refractivity contribution < 1.29 is 19.1 Å². The molecule has 9 nitrogen and oxygen atoms in total. The minimum Gasteiger partial charge on any atom is -0.376 e. The summed E-state index contributed by atoms with van der Waals surface area (Å²) in [4.78, 5) is 44.0. The van der Waals surface area contributed by atoms with Crippen molar-refractivity contribution in [3.05, 3.63) is 23.4 Å². The van der Waals surface area contributed by atoms with Crippen LogP contribution < -0.4 is 5.32 Å². The zero-order valence-corrected chi connectivity index (χ0v) is 18.2. The molecule has 0 unspecified atom stereocenters. The summed E-state index contributed by atoms with van der Waals surface area (Å²) >= 11 is 0. The molecular formula is C21H31N5O4. The highest BCUT2D eigenvalue weighted by atomic mass is 16.5. The first-order valence-corrected chi connectivity index (χ1v) is 10.5. The van der Waals surface area contributed by atoms with Gasteiger partial charge in [-0.15, -0.1) is 0 Å². The SMILES string of the molecule is CC(=O)N1CC(=O)N/C(=C\c2ncn(CCCN3CCO[C@H](C)C3)c2C(C)C)C1=O. The fourth-order valence-electron chi connectivity index (χ4n) is 3.98. The Kier molecular flexibility index (Phi) is 7.04. The number of morpholine rings is 1. The monoisotopic (exact) mass is 417 g/mol. The van der Waals surface area contributed by atoms with Gasteiger partial charge in [0.1, 0.15) is 12.2 Å². The van der Waals surface area contributed by atoms with Crippen molar-refractivity contribution in [3.63, 3.8) is 0 Å². The van der Waals surface area contributed by atoms with E-state index in [2.05, 4.69) is 40.5 Å². The number of hydrogen-bond acceptors (Lipinski definition) is 6. The molecule has 1 atom stereocenters. The number of hydrogen-bond donors (Lipinski definition) is 1. The smallest absolute Gasteiger partial charge is 0.277 e. The molecule has 9 heteroatoms. The quantitative estimate of drug-likeness (QED) is 0.693. The van der Waals surface area contributed by atoms with Crippen molar-refractivity contribution >= 4 is 23.8 Å². The molecular weight excluding hydrogens is 386 g/mol. The van der Waals surface area contributed by atoms with Crippen molar-refractivity contribution in [2.75, 3.05) is 32.8 Å². The Labute approximate surface area is 177 Å². The normalized spacial score (nSPS) is 22.1. The fourth-order valence-corrected chi connectivity index (χ4v) is 3.98. The largest absolute Gasteiger partial charge is 0.376 e. The lowest BCUT2D eigenvalue weighted by Crippen LogP contribution is -2.51. The highest BCUT2D eigenvalue weighted by molar-refractivity contribution is 6.12. The summed E-state index contributed by atoms with van der Waals surface area (Å²) in [5.41, 5.74) is 1.72. The minimum absolute atomic E-state index is 0.0795. The molecule has 0 aliphatic carbocycles. The predicted octanol–water partition coefficient (Wildman–Crippen LogP) is 0.963. The van der Waals surface area contributed by atoms with Gasteiger partial charge in [0.25, 0.3) is 5.91 Å². The first kappa shape index (κ1) is 22.2. The average Bonchev–Trinajstić information content (AvgIpc) is 3.07. The van der Waals surface area contributed by atoms with Gasteiger partial charge in [-0.1, -0.05) is 13.8 Å². The number of nitrogens with zero attached hydrogens (tertiary/aromatic N) is 4. The summed E-state index contributed by atoms with van der Waals surface area (Å²) in [5.74, 6) is -1.16. The van der Waals surface area contributed by atoms with Crippen LogP contribution >= 0.6 is 0 Å². The molecule has 1 N–H and O–H groups in total. The van der Waals surface area contributed by atoms with E-state index in [1.807, 2.05) is 0 Å². The topological polar surface area (TPSA) is 96.8 Å². The number of carbonyl (C=O) groups is 3. The summed E-state index contributed by atoms with van der Waals surface area (Å²) in [6.45, 7) is 11.7. The maximum absolute atomic E-state index is 12.6. The van der Waals surface area contributed by atoms with Crippen molar-refractivity contribution in [1.29, 1.82) is 0 Å². The van der Waals surface area contributed by atoms with Crippen LogP contribution in [0.25, 0.3) is 6.08 Å². The lowest BCUT2D eigenvalue weighted by Gasteiger charge is -2.31. The van der Waals surface area contributed by atoms with Gasteiger partial charge in [-0.05, 0) is 25.3 Å². The highest BCUT2D eigenvalue weighted by Gasteiger charge is 2.31. The van der Waals surface area contributed by atoms with Gasteiger partial charge in [-0.25, -0.2) is 4.98 Å².